The predicted octanol–water partition coefficient (Wildman–Crippen LogP) is 5.74. The van der Waals surface area contributed by atoms with Gasteiger partial charge in [0.1, 0.15) is 0 Å². The number of anilines is 1. The maximum atomic E-state index is 4.27. The van der Waals surface area contributed by atoms with Gasteiger partial charge in [-0.15, -0.1) is 10.2 Å². The summed E-state index contributed by atoms with van der Waals surface area (Å²) in [5.41, 5.74) is 4.12. The highest BCUT2D eigenvalue weighted by Gasteiger charge is 2.13. The Morgan fingerprint density at radius 3 is 2.32 bits per heavy atom. The van der Waals surface area contributed by atoms with Crippen LogP contribution in [0.1, 0.15) is 37.5 Å². The van der Waals surface area contributed by atoms with Crippen LogP contribution in [0.25, 0.3) is 0 Å². The van der Waals surface area contributed by atoms with Crippen molar-refractivity contribution in [3.63, 3.8) is 0 Å². The summed E-state index contributed by atoms with van der Waals surface area (Å²) in [6, 6.07) is 19.2. The zero-order chi connectivity index (χ0) is 17.7. The van der Waals surface area contributed by atoms with Crippen LogP contribution in [-0.4, -0.2) is 10.2 Å². The standard InChI is InChI=1S/C20H23N3S2/c1-20(2,3)17-11-9-16(10-12-17)14-24-19-23-22-18(25-19)21-13-15-7-5-4-6-8-15/h4-12H,13-14H2,1-3H3,(H,21,22). The lowest BCUT2D eigenvalue weighted by molar-refractivity contribution is 0.590. The summed E-state index contributed by atoms with van der Waals surface area (Å²) in [4.78, 5) is 0. The van der Waals surface area contributed by atoms with Crippen LogP contribution >= 0.6 is 23.1 Å². The lowest BCUT2D eigenvalue weighted by Gasteiger charge is -2.19. The lowest BCUT2D eigenvalue weighted by Crippen LogP contribution is -2.10. The van der Waals surface area contributed by atoms with E-state index in [-0.39, 0.29) is 5.41 Å². The minimum Gasteiger partial charge on any atom is -0.356 e. The molecule has 0 atom stereocenters. The Morgan fingerprint density at radius 1 is 0.920 bits per heavy atom. The number of nitrogens with zero attached hydrogens (tertiary/aromatic N) is 2. The molecule has 3 rings (SSSR count). The van der Waals surface area contributed by atoms with E-state index in [1.807, 2.05) is 18.2 Å². The molecule has 3 aromatic rings. The first-order valence-corrected chi connectivity index (χ1v) is 10.1. The van der Waals surface area contributed by atoms with E-state index in [0.29, 0.717) is 0 Å². The van der Waals surface area contributed by atoms with Gasteiger partial charge in [0, 0.05) is 12.3 Å². The van der Waals surface area contributed by atoms with Crippen molar-refractivity contribution in [3.8, 4) is 0 Å². The van der Waals surface area contributed by atoms with Gasteiger partial charge in [0.05, 0.1) is 0 Å². The molecule has 0 fully saturated rings. The smallest absolute Gasteiger partial charge is 0.206 e. The number of hydrogen-bond donors (Lipinski definition) is 1. The highest BCUT2D eigenvalue weighted by Crippen LogP contribution is 2.29. The van der Waals surface area contributed by atoms with E-state index < -0.39 is 0 Å². The van der Waals surface area contributed by atoms with E-state index in [1.165, 1.54) is 16.7 Å². The average molecular weight is 370 g/mol. The van der Waals surface area contributed by atoms with Crippen molar-refractivity contribution < 1.29 is 0 Å². The van der Waals surface area contributed by atoms with E-state index in [1.54, 1.807) is 23.1 Å². The van der Waals surface area contributed by atoms with Crippen LogP contribution in [0.5, 0.6) is 0 Å². The maximum absolute atomic E-state index is 4.27. The minimum absolute atomic E-state index is 0.199. The molecule has 0 spiro atoms. The summed E-state index contributed by atoms with van der Waals surface area (Å²) >= 11 is 3.34. The first kappa shape index (κ1) is 18.0. The summed E-state index contributed by atoms with van der Waals surface area (Å²) in [5, 5.41) is 12.7. The number of rotatable bonds is 6. The molecule has 0 radical (unpaired) electrons. The highest BCUT2D eigenvalue weighted by atomic mass is 32.2. The normalized spacial score (nSPS) is 11.5. The molecule has 3 nitrogen and oxygen atoms in total. The van der Waals surface area contributed by atoms with Gasteiger partial charge in [-0.25, -0.2) is 0 Å². The molecule has 2 aromatic carbocycles. The second-order valence-corrected chi connectivity index (χ2v) is 9.15. The molecule has 1 heterocycles. The minimum atomic E-state index is 0.199. The van der Waals surface area contributed by atoms with Crippen molar-refractivity contribution in [3.05, 3.63) is 71.3 Å². The third kappa shape index (κ3) is 5.31. The van der Waals surface area contributed by atoms with Crippen LogP contribution in [0.15, 0.2) is 58.9 Å². The number of nitrogens with one attached hydrogen (secondary N) is 1. The topological polar surface area (TPSA) is 37.8 Å². The Morgan fingerprint density at radius 2 is 1.64 bits per heavy atom. The molecule has 0 amide bonds. The Kier molecular flexibility index (Phi) is 5.76. The van der Waals surface area contributed by atoms with E-state index in [9.17, 15) is 0 Å². The Labute approximate surface area is 157 Å². The SMILES string of the molecule is CC(C)(C)c1ccc(CSc2nnc(NCc3ccccc3)s2)cc1. The molecule has 1 N–H and O–H groups in total. The molecule has 0 unspecified atom stereocenters. The second-order valence-electron chi connectivity index (χ2n) is 6.95. The number of benzene rings is 2. The van der Waals surface area contributed by atoms with Gasteiger partial charge in [0.2, 0.25) is 5.13 Å². The summed E-state index contributed by atoms with van der Waals surface area (Å²) in [6.45, 7) is 7.49. The van der Waals surface area contributed by atoms with Gasteiger partial charge in [0.25, 0.3) is 0 Å². The predicted molar refractivity (Wildman–Crippen MR) is 108 cm³/mol. The highest BCUT2D eigenvalue weighted by molar-refractivity contribution is 8.00. The Bertz CT molecular complexity index is 790. The molecule has 0 bridgehead atoms. The van der Waals surface area contributed by atoms with Gasteiger partial charge < -0.3 is 5.32 Å². The van der Waals surface area contributed by atoms with Gasteiger partial charge in [-0.2, -0.15) is 0 Å². The van der Waals surface area contributed by atoms with Gasteiger partial charge in [-0.3, -0.25) is 0 Å². The number of aromatic nitrogens is 2. The Hall–Kier alpha value is -1.85. The molecule has 1 aromatic heterocycles. The van der Waals surface area contributed by atoms with Crippen LogP contribution in [0, 0.1) is 0 Å². The molecule has 0 saturated carbocycles. The van der Waals surface area contributed by atoms with Crippen LogP contribution < -0.4 is 5.32 Å². The molecular weight excluding hydrogens is 346 g/mol. The van der Waals surface area contributed by atoms with Gasteiger partial charge >= 0.3 is 0 Å². The largest absolute Gasteiger partial charge is 0.356 e. The van der Waals surface area contributed by atoms with E-state index in [2.05, 4.69) is 72.7 Å². The van der Waals surface area contributed by atoms with Crippen LogP contribution in [0.2, 0.25) is 0 Å². The van der Waals surface area contributed by atoms with Crippen molar-refractivity contribution >= 4 is 28.2 Å². The van der Waals surface area contributed by atoms with Crippen molar-refractivity contribution in [2.24, 2.45) is 0 Å². The number of thioether (sulfide) groups is 1. The number of hydrogen-bond acceptors (Lipinski definition) is 5. The summed E-state index contributed by atoms with van der Waals surface area (Å²) in [5.74, 6) is 0.914. The fourth-order valence-electron chi connectivity index (χ4n) is 2.36. The monoisotopic (exact) mass is 369 g/mol. The summed E-state index contributed by atoms with van der Waals surface area (Å²) in [7, 11) is 0. The lowest BCUT2D eigenvalue weighted by atomic mass is 9.87. The fourth-order valence-corrected chi connectivity index (χ4v) is 4.06. The maximum Gasteiger partial charge on any atom is 0.206 e. The van der Waals surface area contributed by atoms with Crippen LogP contribution in [0.4, 0.5) is 5.13 Å². The van der Waals surface area contributed by atoms with Crippen molar-refractivity contribution in [1.82, 2.24) is 10.2 Å². The van der Waals surface area contributed by atoms with Gasteiger partial charge in [0.15, 0.2) is 4.34 Å². The van der Waals surface area contributed by atoms with Crippen LogP contribution in [0.3, 0.4) is 0 Å². The summed E-state index contributed by atoms with van der Waals surface area (Å²) < 4.78 is 0.996. The van der Waals surface area contributed by atoms with Crippen molar-refractivity contribution in [1.29, 1.82) is 0 Å². The fraction of sp³-hybridized carbons (Fsp3) is 0.300. The first-order valence-electron chi connectivity index (χ1n) is 8.34. The molecule has 0 aliphatic carbocycles. The third-order valence-corrected chi connectivity index (χ3v) is 5.96. The van der Waals surface area contributed by atoms with Crippen molar-refractivity contribution in [2.75, 3.05) is 5.32 Å². The van der Waals surface area contributed by atoms with E-state index in [4.69, 9.17) is 0 Å². The van der Waals surface area contributed by atoms with Crippen LogP contribution in [-0.2, 0) is 17.7 Å². The van der Waals surface area contributed by atoms with Crippen molar-refractivity contribution in [2.45, 2.75) is 42.8 Å². The van der Waals surface area contributed by atoms with Gasteiger partial charge in [-0.1, -0.05) is 98.5 Å². The molecule has 0 aliphatic rings. The average Bonchev–Trinajstić information content (AvgIpc) is 3.07. The molecule has 25 heavy (non-hydrogen) atoms. The van der Waals surface area contributed by atoms with E-state index in [0.717, 1.165) is 21.8 Å². The quantitative estimate of drug-likeness (QED) is 0.562. The molecule has 5 heteroatoms. The zero-order valence-corrected chi connectivity index (χ0v) is 16.5. The summed E-state index contributed by atoms with van der Waals surface area (Å²) in [6.07, 6.45) is 0. The molecule has 0 aliphatic heterocycles. The second kappa shape index (κ2) is 8.02. The zero-order valence-electron chi connectivity index (χ0n) is 14.8. The molecule has 130 valence electrons. The van der Waals surface area contributed by atoms with E-state index >= 15 is 0 Å². The third-order valence-electron chi connectivity index (χ3n) is 3.88. The van der Waals surface area contributed by atoms with Gasteiger partial charge in [-0.05, 0) is 22.1 Å². The Balaban J connectivity index is 1.51. The molecular formula is C20H23N3S2. The first-order chi connectivity index (χ1) is 12.0. The molecule has 0 saturated heterocycles.